The van der Waals surface area contributed by atoms with Gasteiger partial charge in [0.25, 0.3) is 5.91 Å². The first-order chi connectivity index (χ1) is 9.54. The number of carboxylic acid groups (broad SMARTS) is 1. The van der Waals surface area contributed by atoms with E-state index in [1.54, 1.807) is 16.8 Å². The van der Waals surface area contributed by atoms with Crippen LogP contribution in [0.5, 0.6) is 0 Å². The summed E-state index contributed by atoms with van der Waals surface area (Å²) < 4.78 is 1.80. The number of rotatable bonds is 4. The molecule has 0 saturated carbocycles. The lowest BCUT2D eigenvalue weighted by Gasteiger charge is -2.33. The Morgan fingerprint density at radius 2 is 2.20 bits per heavy atom. The monoisotopic (exact) mass is 298 g/mol. The Labute approximate surface area is 123 Å². The molecule has 1 aromatic rings. The summed E-state index contributed by atoms with van der Waals surface area (Å²) in [5.41, 5.74) is 0.477. The molecule has 1 amide bonds. The zero-order valence-corrected chi connectivity index (χ0v) is 12.3. The van der Waals surface area contributed by atoms with Crippen LogP contribution in [0.15, 0.2) is 12.3 Å². The highest BCUT2D eigenvalue weighted by atomic mass is 35.5. The molecule has 0 bridgehead atoms. The molecule has 1 fully saturated rings. The van der Waals surface area contributed by atoms with Crippen LogP contribution in [0, 0.1) is 0 Å². The minimum atomic E-state index is -0.933. The van der Waals surface area contributed by atoms with Gasteiger partial charge in [-0.05, 0) is 31.7 Å². The summed E-state index contributed by atoms with van der Waals surface area (Å²) in [4.78, 5) is 25.4. The average Bonchev–Trinajstić information content (AvgIpc) is 2.79. The third kappa shape index (κ3) is 2.98. The summed E-state index contributed by atoms with van der Waals surface area (Å²) in [6.07, 6.45) is 4.81. The first kappa shape index (κ1) is 14.9. The summed E-state index contributed by atoms with van der Waals surface area (Å²) in [5, 5.41) is 9.76. The fraction of sp³-hybridized carbons (Fsp3) is 0.571. The zero-order chi connectivity index (χ0) is 14.7. The number of piperidine rings is 1. The van der Waals surface area contributed by atoms with Crippen molar-refractivity contribution in [3.8, 4) is 0 Å². The molecule has 0 aliphatic carbocycles. The summed E-state index contributed by atoms with van der Waals surface area (Å²) in [6.45, 7) is 3.20. The number of carbonyl (C=O) groups is 2. The number of halogens is 1. The molecule has 1 aromatic heterocycles. The van der Waals surface area contributed by atoms with E-state index < -0.39 is 12.0 Å². The minimum absolute atomic E-state index is 0.238. The highest BCUT2D eigenvalue weighted by Crippen LogP contribution is 2.22. The van der Waals surface area contributed by atoms with Gasteiger partial charge in [0, 0.05) is 19.3 Å². The number of amides is 1. The molecule has 6 heteroatoms. The number of aryl methyl sites for hydroxylation is 1. The summed E-state index contributed by atoms with van der Waals surface area (Å²) in [5.74, 6) is -1.17. The smallest absolute Gasteiger partial charge is 0.326 e. The Balaban J connectivity index is 2.27. The van der Waals surface area contributed by atoms with Crippen LogP contribution >= 0.6 is 11.6 Å². The Hall–Kier alpha value is -1.49. The van der Waals surface area contributed by atoms with Crippen molar-refractivity contribution in [3.05, 3.63) is 23.0 Å². The van der Waals surface area contributed by atoms with Crippen LogP contribution in [0.25, 0.3) is 0 Å². The highest BCUT2D eigenvalue weighted by molar-refractivity contribution is 6.31. The van der Waals surface area contributed by atoms with Crippen molar-refractivity contribution in [2.24, 2.45) is 0 Å². The van der Waals surface area contributed by atoms with E-state index in [4.69, 9.17) is 11.6 Å². The van der Waals surface area contributed by atoms with Gasteiger partial charge in [0.1, 0.15) is 11.7 Å². The van der Waals surface area contributed by atoms with Gasteiger partial charge >= 0.3 is 5.97 Å². The molecule has 1 N–H and O–H groups in total. The highest BCUT2D eigenvalue weighted by Gasteiger charge is 2.33. The Bertz CT molecular complexity index is 513. The second-order valence-electron chi connectivity index (χ2n) is 5.09. The molecule has 1 atom stereocenters. The third-order valence-corrected chi connectivity index (χ3v) is 3.80. The van der Waals surface area contributed by atoms with Crippen LogP contribution in [0.1, 0.15) is 43.1 Å². The molecule has 0 aromatic carbocycles. The van der Waals surface area contributed by atoms with Crippen LogP contribution in [-0.2, 0) is 11.3 Å². The van der Waals surface area contributed by atoms with Crippen molar-refractivity contribution in [1.29, 1.82) is 0 Å². The van der Waals surface area contributed by atoms with Gasteiger partial charge in [-0.1, -0.05) is 18.5 Å². The van der Waals surface area contributed by atoms with Gasteiger partial charge in [-0.25, -0.2) is 4.79 Å². The SMILES string of the molecule is CCCn1cc(Cl)cc1C(=O)N1CCCC[C@H]1C(=O)O. The van der Waals surface area contributed by atoms with E-state index in [0.29, 0.717) is 30.2 Å². The van der Waals surface area contributed by atoms with Gasteiger partial charge in [-0.2, -0.15) is 0 Å². The Morgan fingerprint density at radius 3 is 2.85 bits per heavy atom. The normalized spacial score (nSPS) is 19.1. The number of likely N-dealkylation sites (tertiary alicyclic amines) is 1. The van der Waals surface area contributed by atoms with Gasteiger partial charge < -0.3 is 14.6 Å². The number of hydrogen-bond acceptors (Lipinski definition) is 2. The van der Waals surface area contributed by atoms with Gasteiger partial charge in [-0.3, -0.25) is 4.79 Å². The van der Waals surface area contributed by atoms with E-state index in [2.05, 4.69) is 0 Å². The molecule has 1 saturated heterocycles. The van der Waals surface area contributed by atoms with Crippen molar-refractivity contribution in [2.75, 3.05) is 6.54 Å². The van der Waals surface area contributed by atoms with Crippen LogP contribution in [0.3, 0.4) is 0 Å². The predicted octanol–water partition coefficient (Wildman–Crippen LogP) is 2.63. The lowest BCUT2D eigenvalue weighted by molar-refractivity contribution is -0.143. The van der Waals surface area contributed by atoms with Gasteiger partial charge in [-0.15, -0.1) is 0 Å². The van der Waals surface area contributed by atoms with Crippen molar-refractivity contribution in [3.63, 3.8) is 0 Å². The topological polar surface area (TPSA) is 62.5 Å². The first-order valence-corrected chi connectivity index (χ1v) is 7.31. The quantitative estimate of drug-likeness (QED) is 0.929. The zero-order valence-electron chi connectivity index (χ0n) is 11.5. The van der Waals surface area contributed by atoms with Crippen LogP contribution in [0.2, 0.25) is 5.02 Å². The summed E-state index contributed by atoms with van der Waals surface area (Å²) in [6, 6.07) is 0.896. The van der Waals surface area contributed by atoms with E-state index in [-0.39, 0.29) is 5.91 Å². The minimum Gasteiger partial charge on any atom is -0.480 e. The van der Waals surface area contributed by atoms with Gasteiger partial charge in [0.15, 0.2) is 0 Å². The molecule has 1 aliphatic rings. The largest absolute Gasteiger partial charge is 0.480 e. The van der Waals surface area contributed by atoms with Crippen molar-refractivity contribution in [2.45, 2.75) is 45.2 Å². The molecule has 5 nitrogen and oxygen atoms in total. The van der Waals surface area contributed by atoms with E-state index in [1.807, 2.05) is 6.92 Å². The fourth-order valence-corrected chi connectivity index (χ4v) is 2.88. The second kappa shape index (κ2) is 6.31. The van der Waals surface area contributed by atoms with Gasteiger partial charge in [0.2, 0.25) is 0 Å². The lowest BCUT2D eigenvalue weighted by Crippen LogP contribution is -2.48. The maximum atomic E-state index is 12.6. The predicted molar refractivity (Wildman–Crippen MR) is 76.0 cm³/mol. The second-order valence-corrected chi connectivity index (χ2v) is 5.52. The van der Waals surface area contributed by atoms with E-state index in [1.165, 1.54) is 4.90 Å². The molecular weight excluding hydrogens is 280 g/mol. The van der Waals surface area contributed by atoms with E-state index >= 15 is 0 Å². The Morgan fingerprint density at radius 1 is 1.45 bits per heavy atom. The maximum absolute atomic E-state index is 12.6. The van der Waals surface area contributed by atoms with E-state index in [9.17, 15) is 14.7 Å². The molecule has 0 radical (unpaired) electrons. The third-order valence-electron chi connectivity index (χ3n) is 3.60. The van der Waals surface area contributed by atoms with Crippen LogP contribution in [-0.4, -0.2) is 39.0 Å². The molecule has 20 heavy (non-hydrogen) atoms. The van der Waals surface area contributed by atoms with Crippen LogP contribution < -0.4 is 0 Å². The van der Waals surface area contributed by atoms with Gasteiger partial charge in [0.05, 0.1) is 5.02 Å². The number of carbonyl (C=O) groups excluding carboxylic acids is 1. The number of aromatic nitrogens is 1. The summed E-state index contributed by atoms with van der Waals surface area (Å²) >= 11 is 5.98. The van der Waals surface area contributed by atoms with Crippen molar-refractivity contribution in [1.82, 2.24) is 9.47 Å². The molecular formula is C14H19ClN2O3. The standard InChI is InChI=1S/C14H19ClN2O3/c1-2-6-16-9-10(15)8-12(16)13(18)17-7-4-3-5-11(17)14(19)20/h8-9,11H,2-7H2,1H3,(H,19,20)/t11-/m0/s1. The molecule has 0 spiro atoms. The molecule has 2 rings (SSSR count). The molecule has 2 heterocycles. The number of aliphatic carboxylic acids is 1. The lowest BCUT2D eigenvalue weighted by atomic mass is 10.0. The molecule has 110 valence electrons. The van der Waals surface area contributed by atoms with Crippen molar-refractivity contribution >= 4 is 23.5 Å². The number of nitrogens with zero attached hydrogens (tertiary/aromatic N) is 2. The van der Waals surface area contributed by atoms with Crippen LogP contribution in [0.4, 0.5) is 0 Å². The molecule has 1 aliphatic heterocycles. The fourth-order valence-electron chi connectivity index (χ4n) is 2.66. The average molecular weight is 299 g/mol. The summed E-state index contributed by atoms with van der Waals surface area (Å²) in [7, 11) is 0. The van der Waals surface area contributed by atoms with E-state index in [0.717, 1.165) is 19.3 Å². The van der Waals surface area contributed by atoms with Crippen molar-refractivity contribution < 1.29 is 14.7 Å². The number of hydrogen-bond donors (Lipinski definition) is 1. The number of carboxylic acids is 1. The maximum Gasteiger partial charge on any atom is 0.326 e. The Kier molecular flexibility index (Phi) is 4.70. The molecule has 0 unspecified atom stereocenters. The first-order valence-electron chi connectivity index (χ1n) is 6.94.